The van der Waals surface area contributed by atoms with Crippen LogP contribution in [-0.2, 0) is 11.4 Å². The minimum atomic E-state index is -0.214. The van der Waals surface area contributed by atoms with Crippen molar-refractivity contribution in [1.82, 2.24) is 5.32 Å². The highest BCUT2D eigenvalue weighted by molar-refractivity contribution is 9.10. The minimum Gasteiger partial charge on any atom is -0.486 e. The first-order valence-electron chi connectivity index (χ1n) is 8.91. The average molecular weight is 469 g/mol. The minimum absolute atomic E-state index is 0.214. The molecule has 0 atom stereocenters. The van der Waals surface area contributed by atoms with Gasteiger partial charge in [-0.3, -0.25) is 9.69 Å². The van der Waals surface area contributed by atoms with Crippen LogP contribution < -0.4 is 15.0 Å². The molecule has 0 aliphatic carbocycles. The molecule has 7 heteroatoms. The molecule has 1 N–H and O–H groups in total. The monoisotopic (exact) mass is 468 g/mol. The molecule has 0 unspecified atom stereocenters. The van der Waals surface area contributed by atoms with Crippen molar-refractivity contribution in [3.63, 3.8) is 0 Å². The van der Waals surface area contributed by atoms with Crippen molar-refractivity contribution in [1.29, 1.82) is 0 Å². The maximum Gasteiger partial charge on any atom is 0.281 e. The lowest BCUT2D eigenvalue weighted by Gasteiger charge is -2.16. The Morgan fingerprint density at radius 3 is 2.66 bits per heavy atom. The summed E-state index contributed by atoms with van der Waals surface area (Å²) in [7, 11) is 0. The predicted molar refractivity (Wildman–Crippen MR) is 120 cm³/mol. The number of anilines is 1. The van der Waals surface area contributed by atoms with Gasteiger partial charge in [-0.2, -0.15) is 0 Å². The van der Waals surface area contributed by atoms with E-state index in [1.165, 1.54) is 4.90 Å². The third-order valence-electron chi connectivity index (χ3n) is 4.40. The van der Waals surface area contributed by atoms with Crippen LogP contribution in [0.5, 0.6) is 5.75 Å². The van der Waals surface area contributed by atoms with Crippen molar-refractivity contribution in [2.75, 3.05) is 4.90 Å². The molecule has 1 saturated heterocycles. The fourth-order valence-corrected chi connectivity index (χ4v) is 3.50. The van der Waals surface area contributed by atoms with Gasteiger partial charge in [0.1, 0.15) is 29.6 Å². The van der Waals surface area contributed by atoms with Crippen molar-refractivity contribution in [3.8, 4) is 5.75 Å². The molecule has 2 heterocycles. The summed E-state index contributed by atoms with van der Waals surface area (Å²) < 4.78 is 12.5. The molecular formula is C22H17BrN2O3S. The van der Waals surface area contributed by atoms with E-state index in [0.29, 0.717) is 28.9 Å². The Labute approximate surface area is 182 Å². The number of hydrogen-bond donors (Lipinski definition) is 1. The normalized spacial score (nSPS) is 15.1. The highest BCUT2D eigenvalue weighted by Gasteiger charge is 2.32. The smallest absolute Gasteiger partial charge is 0.281 e. The predicted octanol–water partition coefficient (Wildman–Crippen LogP) is 5.19. The zero-order valence-electron chi connectivity index (χ0n) is 15.5. The van der Waals surface area contributed by atoms with E-state index < -0.39 is 0 Å². The first-order chi connectivity index (χ1) is 14.0. The van der Waals surface area contributed by atoms with E-state index in [2.05, 4.69) is 21.2 Å². The van der Waals surface area contributed by atoms with Gasteiger partial charge in [0.2, 0.25) is 0 Å². The van der Waals surface area contributed by atoms with Crippen LogP contribution in [0.4, 0.5) is 5.69 Å². The lowest BCUT2D eigenvalue weighted by atomic mass is 10.2. The Hall–Kier alpha value is -2.90. The van der Waals surface area contributed by atoms with Gasteiger partial charge in [0.05, 0.1) is 5.69 Å². The first-order valence-corrected chi connectivity index (χ1v) is 10.1. The summed E-state index contributed by atoms with van der Waals surface area (Å²) in [5, 5.41) is 3.32. The number of amides is 1. The molecule has 0 saturated carbocycles. The van der Waals surface area contributed by atoms with Crippen LogP contribution in [0, 0.1) is 6.92 Å². The second-order valence-electron chi connectivity index (χ2n) is 6.46. The van der Waals surface area contributed by atoms with Crippen LogP contribution in [0.25, 0.3) is 6.08 Å². The largest absolute Gasteiger partial charge is 0.486 e. The van der Waals surface area contributed by atoms with Crippen molar-refractivity contribution >= 4 is 50.9 Å². The van der Waals surface area contributed by atoms with Gasteiger partial charge < -0.3 is 14.5 Å². The SMILES string of the molecule is Cc1ccccc1N1C(=O)/C(=C\c2ccc(COc3ccc(Br)cc3)o2)NC1=S. The van der Waals surface area contributed by atoms with E-state index in [1.807, 2.05) is 61.5 Å². The number of nitrogens with zero attached hydrogens (tertiary/aromatic N) is 1. The van der Waals surface area contributed by atoms with Crippen LogP contribution in [0.15, 0.2) is 75.3 Å². The van der Waals surface area contributed by atoms with Gasteiger partial charge in [-0.15, -0.1) is 0 Å². The van der Waals surface area contributed by atoms with E-state index in [9.17, 15) is 4.79 Å². The molecule has 146 valence electrons. The van der Waals surface area contributed by atoms with Crippen molar-refractivity contribution in [2.24, 2.45) is 0 Å². The number of thiocarbonyl (C=S) groups is 1. The highest BCUT2D eigenvalue weighted by Crippen LogP contribution is 2.26. The number of rotatable bonds is 5. The maximum absolute atomic E-state index is 12.9. The third-order valence-corrected chi connectivity index (χ3v) is 5.21. The number of ether oxygens (including phenoxy) is 1. The zero-order chi connectivity index (χ0) is 20.4. The lowest BCUT2D eigenvalue weighted by Crippen LogP contribution is -2.30. The molecule has 5 nitrogen and oxygen atoms in total. The first kappa shape index (κ1) is 19.4. The summed E-state index contributed by atoms with van der Waals surface area (Å²) in [6.07, 6.45) is 1.65. The molecule has 0 radical (unpaired) electrons. The van der Waals surface area contributed by atoms with E-state index in [-0.39, 0.29) is 5.91 Å². The Balaban J connectivity index is 1.47. The van der Waals surface area contributed by atoms with E-state index >= 15 is 0 Å². The standard InChI is InChI=1S/C22H17BrN2O3S/c1-14-4-2-3-5-20(14)25-21(26)19(24-22(25)29)12-17-10-11-18(28-17)13-27-16-8-6-15(23)7-9-16/h2-12H,13H2,1H3,(H,24,29)/b19-12+. The molecular weight excluding hydrogens is 452 g/mol. The summed E-state index contributed by atoms with van der Waals surface area (Å²) in [5.74, 6) is 1.73. The maximum atomic E-state index is 12.9. The van der Waals surface area contributed by atoms with Gasteiger partial charge in [0.15, 0.2) is 5.11 Å². The third kappa shape index (κ3) is 4.26. The van der Waals surface area contributed by atoms with E-state index in [1.54, 1.807) is 12.1 Å². The van der Waals surface area contributed by atoms with Gasteiger partial charge in [-0.05, 0) is 67.2 Å². The summed E-state index contributed by atoms with van der Waals surface area (Å²) >= 11 is 8.75. The Morgan fingerprint density at radius 1 is 1.14 bits per heavy atom. The summed E-state index contributed by atoms with van der Waals surface area (Å²) in [6, 6.07) is 18.8. The average Bonchev–Trinajstić information content (AvgIpc) is 3.26. The number of aryl methyl sites for hydroxylation is 1. The molecule has 0 spiro atoms. The molecule has 1 aliphatic heterocycles. The van der Waals surface area contributed by atoms with E-state index in [0.717, 1.165) is 21.5 Å². The van der Waals surface area contributed by atoms with Crippen molar-refractivity contribution in [2.45, 2.75) is 13.5 Å². The Bertz CT molecular complexity index is 1110. The second-order valence-corrected chi connectivity index (χ2v) is 7.76. The van der Waals surface area contributed by atoms with Crippen molar-refractivity contribution < 1.29 is 13.9 Å². The molecule has 3 aromatic rings. The highest BCUT2D eigenvalue weighted by atomic mass is 79.9. The molecule has 0 bridgehead atoms. The summed E-state index contributed by atoms with van der Waals surface area (Å²) in [4.78, 5) is 14.4. The molecule has 1 aliphatic rings. The van der Waals surface area contributed by atoms with Crippen LogP contribution in [0.1, 0.15) is 17.1 Å². The number of carbonyl (C=O) groups excluding carboxylic acids is 1. The number of hydrogen-bond acceptors (Lipinski definition) is 4. The second kappa shape index (κ2) is 8.23. The summed E-state index contributed by atoms with van der Waals surface area (Å²) in [5.41, 5.74) is 2.10. The molecule has 1 amide bonds. The van der Waals surface area contributed by atoms with Crippen molar-refractivity contribution in [3.05, 3.63) is 87.9 Å². The quantitative estimate of drug-likeness (QED) is 0.412. The topological polar surface area (TPSA) is 54.7 Å². The van der Waals surface area contributed by atoms with Gasteiger partial charge in [0.25, 0.3) is 5.91 Å². The molecule has 1 fully saturated rings. The summed E-state index contributed by atoms with van der Waals surface area (Å²) in [6.45, 7) is 2.23. The van der Waals surface area contributed by atoms with Crippen LogP contribution >= 0.6 is 28.1 Å². The van der Waals surface area contributed by atoms with Crippen LogP contribution in [0.2, 0.25) is 0 Å². The van der Waals surface area contributed by atoms with E-state index in [4.69, 9.17) is 21.4 Å². The number of carbonyl (C=O) groups is 1. The fraction of sp³-hybridized carbons (Fsp3) is 0.0909. The number of nitrogens with one attached hydrogen (secondary N) is 1. The van der Waals surface area contributed by atoms with Crippen LogP contribution in [-0.4, -0.2) is 11.0 Å². The zero-order valence-corrected chi connectivity index (χ0v) is 17.9. The Kier molecular flexibility index (Phi) is 5.51. The van der Waals surface area contributed by atoms with Gasteiger partial charge >= 0.3 is 0 Å². The van der Waals surface area contributed by atoms with Gasteiger partial charge in [-0.1, -0.05) is 34.1 Å². The molecule has 2 aromatic carbocycles. The van der Waals surface area contributed by atoms with Gasteiger partial charge in [-0.25, -0.2) is 0 Å². The Morgan fingerprint density at radius 2 is 1.90 bits per heavy atom. The number of halogens is 1. The van der Waals surface area contributed by atoms with Crippen LogP contribution in [0.3, 0.4) is 0 Å². The van der Waals surface area contributed by atoms with Gasteiger partial charge in [0, 0.05) is 10.5 Å². The lowest BCUT2D eigenvalue weighted by molar-refractivity contribution is -0.113. The molecule has 4 rings (SSSR count). The molecule has 1 aromatic heterocycles. The number of furan rings is 1. The molecule has 29 heavy (non-hydrogen) atoms. The fourth-order valence-electron chi connectivity index (χ4n) is 2.95. The number of para-hydroxylation sites is 1. The number of benzene rings is 2.